The fraction of sp³-hybridized carbons (Fsp3) is 0.417. The molecule has 2 amide bonds. The van der Waals surface area contributed by atoms with Gasteiger partial charge in [-0.2, -0.15) is 0 Å². The van der Waals surface area contributed by atoms with Gasteiger partial charge in [0.2, 0.25) is 5.91 Å². The fourth-order valence-electron chi connectivity index (χ4n) is 4.42. The summed E-state index contributed by atoms with van der Waals surface area (Å²) in [6.45, 7) is 11.7. The van der Waals surface area contributed by atoms with Crippen molar-refractivity contribution in [1.82, 2.24) is 14.9 Å². The minimum absolute atomic E-state index is 0.0257. The molecular formula is C24H32N5O2+. The monoisotopic (exact) mass is 422 g/mol. The molecule has 1 saturated heterocycles. The summed E-state index contributed by atoms with van der Waals surface area (Å²) in [5, 5.41) is 1.51. The zero-order valence-electron chi connectivity index (χ0n) is 18.6. The Morgan fingerprint density at radius 1 is 1.03 bits per heavy atom. The predicted octanol–water partition coefficient (Wildman–Crippen LogP) is 0.966. The minimum Gasteiger partial charge on any atom is -0.344 e. The van der Waals surface area contributed by atoms with Crippen molar-refractivity contribution in [2.45, 2.75) is 33.7 Å². The van der Waals surface area contributed by atoms with E-state index in [-0.39, 0.29) is 18.2 Å². The summed E-state index contributed by atoms with van der Waals surface area (Å²) in [5.74, 6) is -0.0852. The zero-order valence-corrected chi connectivity index (χ0v) is 18.6. The fourth-order valence-corrected chi connectivity index (χ4v) is 4.42. The Labute approximate surface area is 183 Å². The Hall–Kier alpha value is -3.06. The van der Waals surface area contributed by atoms with Gasteiger partial charge in [0.15, 0.2) is 0 Å². The molecule has 7 nitrogen and oxygen atoms in total. The largest absolute Gasteiger partial charge is 0.344 e. The molecule has 2 aromatic rings. The molecule has 0 atom stereocenters. The number of hydrazine groups is 1. The van der Waals surface area contributed by atoms with E-state index in [0.29, 0.717) is 5.70 Å². The number of piperazine rings is 1. The minimum atomic E-state index is -0.0595. The molecule has 3 heterocycles. The van der Waals surface area contributed by atoms with E-state index < -0.39 is 0 Å². The number of anilines is 1. The number of nitrogens with zero attached hydrogens (tertiary/aromatic N) is 3. The van der Waals surface area contributed by atoms with Crippen LogP contribution in [0.5, 0.6) is 0 Å². The molecule has 0 radical (unpaired) electrons. The van der Waals surface area contributed by atoms with Crippen LogP contribution in [-0.2, 0) is 16.1 Å². The van der Waals surface area contributed by atoms with E-state index in [1.807, 2.05) is 36.1 Å². The Bertz CT molecular complexity index is 982. The number of quaternary nitrogens is 1. The summed E-state index contributed by atoms with van der Waals surface area (Å²) < 4.78 is 2.36. The summed E-state index contributed by atoms with van der Waals surface area (Å²) in [7, 11) is 0. The van der Waals surface area contributed by atoms with Crippen molar-refractivity contribution in [3.05, 3.63) is 65.1 Å². The van der Waals surface area contributed by atoms with E-state index in [2.05, 4.69) is 36.0 Å². The van der Waals surface area contributed by atoms with Gasteiger partial charge in [-0.25, -0.2) is 5.01 Å². The molecule has 2 aliphatic heterocycles. The molecule has 31 heavy (non-hydrogen) atoms. The van der Waals surface area contributed by atoms with Crippen LogP contribution in [0.4, 0.5) is 5.69 Å². The van der Waals surface area contributed by atoms with Gasteiger partial charge in [0.1, 0.15) is 5.70 Å². The topological polar surface area (TPSA) is 62.0 Å². The van der Waals surface area contributed by atoms with Crippen molar-refractivity contribution in [3.8, 4) is 0 Å². The van der Waals surface area contributed by atoms with Crippen molar-refractivity contribution in [2.75, 3.05) is 37.7 Å². The maximum Gasteiger partial charge on any atom is 0.271 e. The van der Waals surface area contributed by atoms with Crippen molar-refractivity contribution in [3.63, 3.8) is 0 Å². The zero-order chi connectivity index (χ0) is 22.0. The van der Waals surface area contributed by atoms with E-state index in [4.69, 9.17) is 0 Å². The smallest absolute Gasteiger partial charge is 0.271 e. The molecule has 164 valence electrons. The number of aryl methyl sites for hydroxylation is 3. The van der Waals surface area contributed by atoms with E-state index in [1.54, 1.807) is 6.08 Å². The van der Waals surface area contributed by atoms with E-state index in [0.717, 1.165) is 50.5 Å². The van der Waals surface area contributed by atoms with Gasteiger partial charge in [-0.15, -0.1) is 0 Å². The van der Waals surface area contributed by atoms with E-state index >= 15 is 0 Å². The van der Waals surface area contributed by atoms with E-state index in [9.17, 15) is 9.59 Å². The Balaban J connectivity index is 1.33. The Morgan fingerprint density at radius 2 is 1.71 bits per heavy atom. The second-order valence-corrected chi connectivity index (χ2v) is 8.51. The number of carbonyl (C=O) groups is 2. The van der Waals surface area contributed by atoms with Crippen LogP contribution in [-0.4, -0.2) is 54.0 Å². The molecule has 2 N–H and O–H groups in total. The molecule has 0 saturated carbocycles. The first-order valence-corrected chi connectivity index (χ1v) is 11.0. The third-order valence-electron chi connectivity index (χ3n) is 6.41. The number of para-hydroxylation sites is 1. The van der Waals surface area contributed by atoms with E-state index in [1.165, 1.54) is 21.3 Å². The molecule has 0 aliphatic carbocycles. The molecule has 1 aromatic carbocycles. The third-order valence-corrected chi connectivity index (χ3v) is 6.41. The quantitative estimate of drug-likeness (QED) is 0.755. The standard InChI is InChI=1S/C24H31N5O2/c1-18-6-4-5-7-22(18)29-23(30)11-10-21(25-29)24(31)27-15-12-26(13-16-27)14-17-28-19(2)8-9-20(28)3/h4-10,25H,11-17H2,1-3H3/p+1. The first-order valence-electron chi connectivity index (χ1n) is 11.0. The van der Waals surface area contributed by atoms with Crippen LogP contribution in [0.15, 0.2) is 48.2 Å². The molecule has 1 aromatic heterocycles. The van der Waals surface area contributed by atoms with Crippen LogP contribution < -0.4 is 15.3 Å². The van der Waals surface area contributed by atoms with Gasteiger partial charge in [0, 0.05) is 17.8 Å². The summed E-state index contributed by atoms with van der Waals surface area (Å²) in [6, 6.07) is 12.0. The number of carbonyl (C=O) groups excluding carboxylic acids is 2. The lowest BCUT2D eigenvalue weighted by Gasteiger charge is -2.35. The molecule has 0 bridgehead atoms. The van der Waals surface area contributed by atoms with Crippen LogP contribution >= 0.6 is 0 Å². The molecule has 0 unspecified atom stereocenters. The molecule has 2 aliphatic rings. The number of aromatic nitrogens is 1. The summed E-state index contributed by atoms with van der Waals surface area (Å²) >= 11 is 0. The Morgan fingerprint density at radius 3 is 2.39 bits per heavy atom. The second-order valence-electron chi connectivity index (χ2n) is 8.51. The normalized spacial score (nSPS) is 17.5. The van der Waals surface area contributed by atoms with Crippen molar-refractivity contribution in [2.24, 2.45) is 0 Å². The van der Waals surface area contributed by atoms with Gasteiger partial charge in [-0.05, 0) is 50.6 Å². The first kappa shape index (κ1) is 21.2. The lowest BCUT2D eigenvalue weighted by atomic mass is 10.1. The summed E-state index contributed by atoms with van der Waals surface area (Å²) in [4.78, 5) is 29.0. The van der Waals surface area contributed by atoms with Gasteiger partial charge in [0.25, 0.3) is 5.91 Å². The molecular weight excluding hydrogens is 390 g/mol. The lowest BCUT2D eigenvalue weighted by Crippen LogP contribution is -3.15. The average molecular weight is 423 g/mol. The maximum absolute atomic E-state index is 13.1. The van der Waals surface area contributed by atoms with Crippen LogP contribution in [0.1, 0.15) is 23.4 Å². The van der Waals surface area contributed by atoms with Gasteiger partial charge in [-0.3, -0.25) is 15.0 Å². The first-order chi connectivity index (χ1) is 14.9. The third kappa shape index (κ3) is 4.51. The van der Waals surface area contributed by atoms with Gasteiger partial charge < -0.3 is 14.4 Å². The number of hydrogen-bond donors (Lipinski definition) is 2. The predicted molar refractivity (Wildman–Crippen MR) is 121 cm³/mol. The number of nitrogens with one attached hydrogen (secondary N) is 2. The number of amides is 2. The van der Waals surface area contributed by atoms with Crippen molar-refractivity contribution >= 4 is 17.5 Å². The highest BCUT2D eigenvalue weighted by atomic mass is 16.2. The highest BCUT2D eigenvalue weighted by Gasteiger charge is 2.30. The van der Waals surface area contributed by atoms with Crippen molar-refractivity contribution in [1.29, 1.82) is 0 Å². The average Bonchev–Trinajstić information content (AvgIpc) is 3.10. The highest BCUT2D eigenvalue weighted by Crippen LogP contribution is 2.22. The molecule has 7 heteroatoms. The SMILES string of the molecule is Cc1ccccc1N1NC(C(=O)N2CC[NH+](CCn3c(C)ccc3C)CC2)=CCC1=O. The van der Waals surface area contributed by atoms with Gasteiger partial charge in [0.05, 0.1) is 45.0 Å². The van der Waals surface area contributed by atoms with Gasteiger partial charge in [-0.1, -0.05) is 18.2 Å². The second kappa shape index (κ2) is 8.98. The number of hydrogen-bond acceptors (Lipinski definition) is 3. The van der Waals surface area contributed by atoms with Crippen LogP contribution in [0.3, 0.4) is 0 Å². The number of rotatable bonds is 5. The molecule has 1 fully saturated rings. The summed E-state index contributed by atoms with van der Waals surface area (Å²) in [6.07, 6.45) is 1.94. The number of benzene rings is 1. The highest BCUT2D eigenvalue weighted by molar-refractivity contribution is 6.01. The van der Waals surface area contributed by atoms with Crippen LogP contribution in [0.25, 0.3) is 0 Å². The molecule has 4 rings (SSSR count). The molecule has 0 spiro atoms. The maximum atomic E-state index is 13.1. The van der Waals surface area contributed by atoms with Crippen LogP contribution in [0, 0.1) is 20.8 Å². The van der Waals surface area contributed by atoms with Crippen molar-refractivity contribution < 1.29 is 14.5 Å². The van der Waals surface area contributed by atoms with Crippen LogP contribution in [0.2, 0.25) is 0 Å². The Kier molecular flexibility index (Phi) is 6.13. The van der Waals surface area contributed by atoms with Gasteiger partial charge >= 0.3 is 0 Å². The lowest BCUT2D eigenvalue weighted by molar-refractivity contribution is -0.904. The summed E-state index contributed by atoms with van der Waals surface area (Å²) in [5.41, 5.74) is 7.93.